The Morgan fingerprint density at radius 3 is 2.24 bits per heavy atom. The average Bonchev–Trinajstić information content (AvgIpc) is 2.87. The van der Waals surface area contributed by atoms with Crippen LogP contribution in [0.2, 0.25) is 5.02 Å². The van der Waals surface area contributed by atoms with Gasteiger partial charge in [0.25, 0.3) is 5.91 Å². The van der Waals surface area contributed by atoms with Gasteiger partial charge in [-0.25, -0.2) is 4.79 Å². The molecule has 3 aromatic rings. The molecule has 0 saturated carbocycles. The summed E-state index contributed by atoms with van der Waals surface area (Å²) in [7, 11) is 0. The van der Waals surface area contributed by atoms with Gasteiger partial charge in [0, 0.05) is 48.0 Å². The van der Waals surface area contributed by atoms with Crippen LogP contribution in [0.15, 0.2) is 66.7 Å². The van der Waals surface area contributed by atoms with Gasteiger partial charge in [-0.3, -0.25) is 9.59 Å². The molecule has 37 heavy (non-hydrogen) atoms. The van der Waals surface area contributed by atoms with Gasteiger partial charge in [-0.1, -0.05) is 29.8 Å². The number of hydrogen-bond acceptors (Lipinski definition) is 4. The van der Waals surface area contributed by atoms with Crippen LogP contribution < -0.4 is 20.9 Å². The van der Waals surface area contributed by atoms with E-state index in [1.165, 1.54) is 0 Å². The highest BCUT2D eigenvalue weighted by atomic mass is 35.5. The smallest absolute Gasteiger partial charge is 0.404 e. The van der Waals surface area contributed by atoms with Crippen molar-refractivity contribution in [3.05, 3.63) is 82.9 Å². The standard InChI is InChI=1S/C28H29ClN4O4/c1-17-15-25(32-23-10-8-22(29)9-11-23)24-16-21(7-12-26(24)33(17)18(2)34)19-3-5-20(6-4-19)27(35)30-13-14-31-28(36)37/h3-12,16-17,25,31-32H,13-15H2,1-2H3,(H,30,35)(H,36,37). The van der Waals surface area contributed by atoms with Crippen molar-refractivity contribution >= 4 is 40.9 Å². The van der Waals surface area contributed by atoms with E-state index in [0.717, 1.165) is 34.5 Å². The maximum absolute atomic E-state index is 12.5. The first-order valence-corrected chi connectivity index (χ1v) is 12.4. The quantitative estimate of drug-likeness (QED) is 0.316. The fourth-order valence-electron chi connectivity index (χ4n) is 4.67. The number of carbonyl (C=O) groups excluding carboxylic acids is 2. The van der Waals surface area contributed by atoms with Crippen molar-refractivity contribution in [2.75, 3.05) is 23.3 Å². The molecule has 192 valence electrons. The fraction of sp³-hybridized carbons (Fsp3) is 0.250. The number of carbonyl (C=O) groups is 3. The number of rotatable bonds is 7. The molecule has 0 radical (unpaired) electrons. The first kappa shape index (κ1) is 26.0. The Bertz CT molecular complexity index is 1290. The average molecular weight is 521 g/mol. The van der Waals surface area contributed by atoms with Crippen molar-refractivity contribution in [2.45, 2.75) is 32.4 Å². The molecule has 0 fully saturated rings. The monoisotopic (exact) mass is 520 g/mol. The number of fused-ring (bicyclic) bond motifs is 1. The summed E-state index contributed by atoms with van der Waals surface area (Å²) < 4.78 is 0. The molecular weight excluding hydrogens is 492 g/mol. The van der Waals surface area contributed by atoms with Crippen LogP contribution in [0.1, 0.15) is 42.2 Å². The van der Waals surface area contributed by atoms with Gasteiger partial charge in [0.15, 0.2) is 0 Å². The molecular formula is C28H29ClN4O4. The van der Waals surface area contributed by atoms with E-state index in [9.17, 15) is 14.4 Å². The SMILES string of the molecule is CC(=O)N1c2ccc(-c3ccc(C(=O)NCCNC(=O)O)cc3)cc2C(Nc2ccc(Cl)cc2)CC1C. The molecule has 0 spiro atoms. The molecule has 1 aliphatic heterocycles. The Kier molecular flexibility index (Phi) is 7.98. The first-order valence-electron chi connectivity index (χ1n) is 12.0. The molecule has 9 heteroatoms. The van der Waals surface area contributed by atoms with Gasteiger partial charge >= 0.3 is 6.09 Å². The van der Waals surface area contributed by atoms with E-state index in [-0.39, 0.29) is 37.0 Å². The summed E-state index contributed by atoms with van der Waals surface area (Å²) in [6, 6.07) is 20.9. The molecule has 4 rings (SSSR count). The van der Waals surface area contributed by atoms with Gasteiger partial charge in [-0.2, -0.15) is 0 Å². The number of amides is 3. The lowest BCUT2D eigenvalue weighted by Crippen LogP contribution is -2.43. The number of halogens is 1. The van der Waals surface area contributed by atoms with E-state index in [1.54, 1.807) is 19.1 Å². The zero-order valence-electron chi connectivity index (χ0n) is 20.6. The summed E-state index contributed by atoms with van der Waals surface area (Å²) >= 11 is 6.05. The highest BCUT2D eigenvalue weighted by Crippen LogP contribution is 2.41. The molecule has 4 N–H and O–H groups in total. The molecule has 3 aromatic carbocycles. The topological polar surface area (TPSA) is 111 Å². The third-order valence-electron chi connectivity index (χ3n) is 6.37. The van der Waals surface area contributed by atoms with Crippen LogP contribution in [0.4, 0.5) is 16.2 Å². The summed E-state index contributed by atoms with van der Waals surface area (Å²) in [5, 5.41) is 17.8. The van der Waals surface area contributed by atoms with Crippen LogP contribution in [-0.2, 0) is 4.79 Å². The Morgan fingerprint density at radius 1 is 0.946 bits per heavy atom. The molecule has 2 unspecified atom stereocenters. The molecule has 2 atom stereocenters. The molecule has 3 amide bonds. The zero-order valence-corrected chi connectivity index (χ0v) is 21.4. The molecule has 0 bridgehead atoms. The lowest BCUT2D eigenvalue weighted by atomic mass is 9.88. The van der Waals surface area contributed by atoms with E-state index in [4.69, 9.17) is 16.7 Å². The summed E-state index contributed by atoms with van der Waals surface area (Å²) in [4.78, 5) is 37.2. The number of nitrogens with zero attached hydrogens (tertiary/aromatic N) is 1. The molecule has 0 saturated heterocycles. The normalized spacial score (nSPS) is 16.5. The second-order valence-electron chi connectivity index (χ2n) is 9.02. The Balaban J connectivity index is 1.58. The minimum absolute atomic E-state index is 0.000336. The van der Waals surface area contributed by atoms with Crippen molar-refractivity contribution in [1.29, 1.82) is 0 Å². The van der Waals surface area contributed by atoms with Gasteiger partial charge in [-0.15, -0.1) is 0 Å². The van der Waals surface area contributed by atoms with Crippen molar-refractivity contribution in [3.63, 3.8) is 0 Å². The van der Waals surface area contributed by atoms with Crippen molar-refractivity contribution in [3.8, 4) is 11.1 Å². The van der Waals surface area contributed by atoms with Crippen LogP contribution >= 0.6 is 11.6 Å². The van der Waals surface area contributed by atoms with Crippen LogP contribution in [-0.4, -0.2) is 42.1 Å². The second kappa shape index (κ2) is 11.3. The van der Waals surface area contributed by atoms with Crippen molar-refractivity contribution in [1.82, 2.24) is 10.6 Å². The number of hydrogen-bond donors (Lipinski definition) is 4. The van der Waals surface area contributed by atoms with Gasteiger partial charge in [0.2, 0.25) is 5.91 Å². The summed E-state index contributed by atoms with van der Waals surface area (Å²) in [6.45, 7) is 3.97. The first-order chi connectivity index (χ1) is 17.7. The Hall–Kier alpha value is -4.04. The highest BCUT2D eigenvalue weighted by molar-refractivity contribution is 6.30. The van der Waals surface area contributed by atoms with Crippen LogP contribution in [0.5, 0.6) is 0 Å². The summed E-state index contributed by atoms with van der Waals surface area (Å²) in [6.07, 6.45) is -0.385. The second-order valence-corrected chi connectivity index (χ2v) is 9.45. The van der Waals surface area contributed by atoms with Crippen LogP contribution in [0.25, 0.3) is 11.1 Å². The lowest BCUT2D eigenvalue weighted by molar-refractivity contribution is -0.117. The third kappa shape index (κ3) is 6.21. The van der Waals surface area contributed by atoms with E-state index >= 15 is 0 Å². The minimum atomic E-state index is -1.13. The van der Waals surface area contributed by atoms with Gasteiger partial charge in [0.1, 0.15) is 0 Å². The predicted octanol–water partition coefficient (Wildman–Crippen LogP) is 5.30. The maximum atomic E-state index is 12.5. The van der Waals surface area contributed by atoms with Crippen LogP contribution in [0.3, 0.4) is 0 Å². The Labute approximate surface area is 220 Å². The fourth-order valence-corrected chi connectivity index (χ4v) is 4.80. The predicted molar refractivity (Wildman–Crippen MR) is 145 cm³/mol. The van der Waals surface area contributed by atoms with Gasteiger partial charge in [0.05, 0.1) is 6.04 Å². The molecule has 8 nitrogen and oxygen atoms in total. The summed E-state index contributed by atoms with van der Waals surface area (Å²) in [5.74, 6) is -0.275. The van der Waals surface area contributed by atoms with E-state index in [0.29, 0.717) is 10.6 Å². The largest absolute Gasteiger partial charge is 0.465 e. The Morgan fingerprint density at radius 2 is 1.59 bits per heavy atom. The van der Waals surface area contributed by atoms with E-state index < -0.39 is 6.09 Å². The number of carboxylic acid groups (broad SMARTS) is 1. The van der Waals surface area contributed by atoms with E-state index in [1.807, 2.05) is 53.4 Å². The third-order valence-corrected chi connectivity index (χ3v) is 6.62. The number of anilines is 2. The highest BCUT2D eigenvalue weighted by Gasteiger charge is 2.32. The zero-order chi connectivity index (χ0) is 26.5. The van der Waals surface area contributed by atoms with Gasteiger partial charge < -0.3 is 26.0 Å². The maximum Gasteiger partial charge on any atom is 0.404 e. The summed E-state index contributed by atoms with van der Waals surface area (Å²) in [5.41, 5.74) is 5.24. The van der Waals surface area contributed by atoms with Crippen molar-refractivity contribution < 1.29 is 19.5 Å². The minimum Gasteiger partial charge on any atom is -0.465 e. The molecule has 1 aliphatic rings. The lowest BCUT2D eigenvalue weighted by Gasteiger charge is -2.39. The molecule has 1 heterocycles. The van der Waals surface area contributed by atoms with Crippen LogP contribution in [0, 0.1) is 0 Å². The number of benzene rings is 3. The number of nitrogens with one attached hydrogen (secondary N) is 3. The van der Waals surface area contributed by atoms with Gasteiger partial charge in [-0.05, 0) is 78.6 Å². The molecule has 0 aromatic heterocycles. The molecule has 0 aliphatic carbocycles. The van der Waals surface area contributed by atoms with Crippen molar-refractivity contribution in [2.24, 2.45) is 0 Å². The van der Waals surface area contributed by atoms with E-state index in [2.05, 4.69) is 28.9 Å².